The van der Waals surface area contributed by atoms with Crippen molar-refractivity contribution in [3.63, 3.8) is 0 Å². The predicted molar refractivity (Wildman–Crippen MR) is 53.9 cm³/mol. The van der Waals surface area contributed by atoms with Crippen LogP contribution in [-0.2, 0) is 4.79 Å². The highest BCUT2D eigenvalue weighted by Gasteiger charge is 2.45. The number of rotatable bonds is 5. The van der Waals surface area contributed by atoms with Gasteiger partial charge in [0.2, 0.25) is 0 Å². The smallest absolute Gasteiger partial charge is 0.323 e. The minimum absolute atomic E-state index is 0.0694. The summed E-state index contributed by atoms with van der Waals surface area (Å²) in [5.74, 6) is -0.812. The summed E-state index contributed by atoms with van der Waals surface area (Å²) in [5, 5.41) is 17.5. The number of hydrogen-bond donors (Lipinski definition) is 3. The maximum absolute atomic E-state index is 11.0. The van der Waals surface area contributed by atoms with Crippen LogP contribution in [-0.4, -0.2) is 29.1 Å². The van der Waals surface area contributed by atoms with E-state index in [9.17, 15) is 4.79 Å². The van der Waals surface area contributed by atoms with E-state index in [0.29, 0.717) is 12.7 Å². The van der Waals surface area contributed by atoms with E-state index in [4.69, 9.17) is 15.9 Å². The molecule has 0 spiro atoms. The molecule has 0 saturated heterocycles. The molecule has 5 heteroatoms. The Morgan fingerprint density at radius 1 is 1.64 bits per heavy atom. The van der Waals surface area contributed by atoms with Crippen molar-refractivity contribution in [2.45, 2.75) is 44.0 Å². The van der Waals surface area contributed by atoms with Crippen LogP contribution in [0.25, 0.3) is 0 Å². The molecule has 0 aromatic rings. The first-order valence-electron chi connectivity index (χ1n) is 5.09. The summed E-state index contributed by atoms with van der Waals surface area (Å²) in [5.41, 5.74) is 4.84. The first kappa shape index (κ1) is 11.5. The quantitative estimate of drug-likeness (QED) is 0.440. The second-order valence-corrected chi connectivity index (χ2v) is 4.05. The van der Waals surface area contributed by atoms with Gasteiger partial charge in [-0.2, -0.15) is 0 Å². The number of carboxylic acid groups (broad SMARTS) is 1. The van der Waals surface area contributed by atoms with E-state index in [0.717, 1.165) is 33.2 Å². The van der Waals surface area contributed by atoms with Crippen LogP contribution in [0.3, 0.4) is 0 Å². The Morgan fingerprint density at radius 2 is 2.36 bits per heavy atom. The zero-order chi connectivity index (χ0) is 10.6. The van der Waals surface area contributed by atoms with Crippen molar-refractivity contribution in [3.05, 3.63) is 0 Å². The third-order valence-electron chi connectivity index (χ3n) is 3.16. The first-order valence-corrected chi connectivity index (χ1v) is 5.09. The zero-order valence-corrected chi connectivity index (χ0v) is 8.28. The van der Waals surface area contributed by atoms with Gasteiger partial charge < -0.3 is 15.9 Å². The Hall–Kier alpha value is -0.545. The highest BCUT2D eigenvalue weighted by molar-refractivity contribution is 6.25. The maximum atomic E-state index is 11.0. The molecular formula is C9H17BNO3. The topological polar surface area (TPSA) is 83.6 Å². The second kappa shape index (κ2) is 4.80. The Kier molecular flexibility index (Phi) is 3.95. The fourth-order valence-corrected chi connectivity index (χ4v) is 2.24. The average molecular weight is 198 g/mol. The van der Waals surface area contributed by atoms with E-state index in [2.05, 4.69) is 0 Å². The highest BCUT2D eigenvalue weighted by atomic mass is 16.4. The van der Waals surface area contributed by atoms with E-state index < -0.39 is 11.5 Å². The summed E-state index contributed by atoms with van der Waals surface area (Å²) in [7, 11) is 1.12. The van der Waals surface area contributed by atoms with E-state index in [1.54, 1.807) is 0 Å². The van der Waals surface area contributed by atoms with Crippen molar-refractivity contribution >= 4 is 13.5 Å². The van der Waals surface area contributed by atoms with E-state index >= 15 is 0 Å². The van der Waals surface area contributed by atoms with E-state index in [1.807, 2.05) is 0 Å². The number of hydrogen-bond acceptors (Lipinski definition) is 3. The standard InChI is InChI=1S/C9H17BNO3/c11-9(8(12)13)5-1-3-7(9)4-2-6-10-14/h7,14H,1-6,11H2,(H,12,13)/t7?,9-/m0/s1. The Morgan fingerprint density at radius 3 is 2.93 bits per heavy atom. The molecule has 1 rings (SSSR count). The summed E-state index contributed by atoms with van der Waals surface area (Å²) < 4.78 is 0. The molecule has 0 aromatic heterocycles. The van der Waals surface area contributed by atoms with Crippen LogP contribution in [0.5, 0.6) is 0 Å². The van der Waals surface area contributed by atoms with Crippen LogP contribution in [0.1, 0.15) is 32.1 Å². The number of carboxylic acids is 1. The highest BCUT2D eigenvalue weighted by Crippen LogP contribution is 2.37. The number of nitrogens with two attached hydrogens (primary N) is 1. The molecule has 1 fully saturated rings. The summed E-state index contributed by atoms with van der Waals surface area (Å²) in [6, 6.07) is 0. The molecule has 1 aliphatic carbocycles. The molecule has 14 heavy (non-hydrogen) atoms. The number of aliphatic carboxylic acids is 1. The lowest BCUT2D eigenvalue weighted by molar-refractivity contribution is -0.144. The van der Waals surface area contributed by atoms with Gasteiger partial charge in [-0.05, 0) is 25.2 Å². The van der Waals surface area contributed by atoms with Crippen molar-refractivity contribution in [1.82, 2.24) is 0 Å². The van der Waals surface area contributed by atoms with Crippen molar-refractivity contribution in [3.8, 4) is 0 Å². The molecule has 0 amide bonds. The first-order chi connectivity index (χ1) is 6.61. The zero-order valence-electron chi connectivity index (χ0n) is 8.28. The third-order valence-corrected chi connectivity index (χ3v) is 3.16. The molecule has 0 bridgehead atoms. The molecule has 1 aliphatic rings. The fourth-order valence-electron chi connectivity index (χ4n) is 2.24. The number of carbonyl (C=O) groups is 1. The van der Waals surface area contributed by atoms with E-state index in [-0.39, 0.29) is 5.92 Å². The molecule has 79 valence electrons. The van der Waals surface area contributed by atoms with Gasteiger partial charge in [-0.25, -0.2) is 0 Å². The minimum atomic E-state index is -1.02. The SMILES string of the molecule is N[C@@]1(C(=O)O)CCCC1CCC[B]O. The molecule has 0 aromatic carbocycles. The van der Waals surface area contributed by atoms with Gasteiger partial charge in [0.25, 0.3) is 7.48 Å². The molecular weight excluding hydrogens is 181 g/mol. The fraction of sp³-hybridized carbons (Fsp3) is 0.889. The molecule has 2 atom stereocenters. The Labute approximate surface area is 84.8 Å². The molecule has 0 aliphatic heterocycles. The summed E-state index contributed by atoms with van der Waals surface area (Å²) in [6.07, 6.45) is 4.60. The predicted octanol–water partition coefficient (Wildman–Crippen LogP) is 0.379. The minimum Gasteiger partial charge on any atom is -0.480 e. The van der Waals surface area contributed by atoms with Crippen LogP contribution in [0, 0.1) is 5.92 Å². The molecule has 1 radical (unpaired) electrons. The van der Waals surface area contributed by atoms with Crippen LogP contribution in [0.15, 0.2) is 0 Å². The Bertz CT molecular complexity index is 212. The van der Waals surface area contributed by atoms with Crippen molar-refractivity contribution in [1.29, 1.82) is 0 Å². The molecule has 1 saturated carbocycles. The van der Waals surface area contributed by atoms with Crippen LogP contribution in [0.4, 0.5) is 0 Å². The van der Waals surface area contributed by atoms with E-state index in [1.165, 1.54) is 0 Å². The molecule has 1 unspecified atom stereocenters. The molecule has 4 N–H and O–H groups in total. The summed E-state index contributed by atoms with van der Waals surface area (Å²) in [6.45, 7) is 0. The van der Waals surface area contributed by atoms with Gasteiger partial charge in [0.05, 0.1) is 0 Å². The summed E-state index contributed by atoms with van der Waals surface area (Å²) >= 11 is 0. The summed E-state index contributed by atoms with van der Waals surface area (Å²) in [4.78, 5) is 11.0. The van der Waals surface area contributed by atoms with Crippen LogP contribution >= 0.6 is 0 Å². The van der Waals surface area contributed by atoms with Gasteiger partial charge in [0.15, 0.2) is 0 Å². The molecule has 4 nitrogen and oxygen atoms in total. The normalized spacial score (nSPS) is 31.7. The van der Waals surface area contributed by atoms with Gasteiger partial charge in [-0.15, -0.1) is 0 Å². The van der Waals surface area contributed by atoms with Gasteiger partial charge in [-0.3, -0.25) is 4.79 Å². The van der Waals surface area contributed by atoms with Crippen molar-refractivity contribution in [2.24, 2.45) is 11.7 Å². The van der Waals surface area contributed by atoms with Gasteiger partial charge in [0, 0.05) is 0 Å². The average Bonchev–Trinajstić information content (AvgIpc) is 2.50. The lowest BCUT2D eigenvalue weighted by Crippen LogP contribution is -2.50. The second-order valence-electron chi connectivity index (χ2n) is 4.05. The lowest BCUT2D eigenvalue weighted by Gasteiger charge is -2.26. The maximum Gasteiger partial charge on any atom is 0.323 e. The third kappa shape index (κ3) is 2.28. The van der Waals surface area contributed by atoms with Gasteiger partial charge in [-0.1, -0.05) is 19.2 Å². The monoisotopic (exact) mass is 198 g/mol. The van der Waals surface area contributed by atoms with Crippen LogP contribution in [0.2, 0.25) is 6.32 Å². The van der Waals surface area contributed by atoms with Gasteiger partial charge in [0.1, 0.15) is 5.54 Å². The van der Waals surface area contributed by atoms with Crippen molar-refractivity contribution < 1.29 is 14.9 Å². The van der Waals surface area contributed by atoms with Crippen LogP contribution < -0.4 is 5.73 Å². The largest absolute Gasteiger partial charge is 0.480 e. The Balaban J connectivity index is 2.46. The molecule has 0 heterocycles. The van der Waals surface area contributed by atoms with Gasteiger partial charge >= 0.3 is 5.97 Å². The van der Waals surface area contributed by atoms with Crippen molar-refractivity contribution in [2.75, 3.05) is 0 Å². The lowest BCUT2D eigenvalue weighted by atomic mass is 9.82.